The molecule has 0 spiro atoms. The van der Waals surface area contributed by atoms with Gasteiger partial charge in [0.15, 0.2) is 0 Å². The molecule has 0 bridgehead atoms. The summed E-state index contributed by atoms with van der Waals surface area (Å²) in [6, 6.07) is 3.74. The van der Waals surface area contributed by atoms with E-state index in [2.05, 4.69) is 5.32 Å². The Bertz CT molecular complexity index is 443. The molecule has 17 heavy (non-hydrogen) atoms. The summed E-state index contributed by atoms with van der Waals surface area (Å²) in [6.45, 7) is 3.24. The third-order valence-corrected chi connectivity index (χ3v) is 2.14. The smallest absolute Gasteiger partial charge is 0.270 e. The number of carbonyl (C=O) groups excluding carboxylic acids is 1. The molecule has 1 rings (SSSR count). The number of non-ortho nitro benzene ring substituents is 1. The summed E-state index contributed by atoms with van der Waals surface area (Å²) in [5, 5.41) is 22.3. The summed E-state index contributed by atoms with van der Waals surface area (Å²) in [5.41, 5.74) is 0.334. The van der Waals surface area contributed by atoms with Crippen LogP contribution in [0.25, 0.3) is 0 Å². The lowest BCUT2D eigenvalue weighted by atomic mass is 10.1. The Hall–Kier alpha value is -1.95. The number of rotatable bonds is 4. The van der Waals surface area contributed by atoms with Gasteiger partial charge in [0.2, 0.25) is 0 Å². The van der Waals surface area contributed by atoms with Crippen LogP contribution in [0.1, 0.15) is 29.8 Å². The molecule has 0 saturated carbocycles. The molecule has 0 unspecified atom stereocenters. The standard InChI is InChI=1S/C11H14N2O4/c1-7(2)12-11(15)10-5-9(13(16)17)4-3-8(10)6-14/h3-5,7,14H,6H2,1-2H3,(H,12,15). The van der Waals surface area contributed by atoms with Gasteiger partial charge in [-0.1, -0.05) is 0 Å². The van der Waals surface area contributed by atoms with Gasteiger partial charge in [-0.3, -0.25) is 14.9 Å². The van der Waals surface area contributed by atoms with Gasteiger partial charge in [0.25, 0.3) is 11.6 Å². The molecule has 0 atom stereocenters. The molecule has 0 aliphatic heterocycles. The van der Waals surface area contributed by atoms with E-state index in [1.165, 1.54) is 18.2 Å². The second-order valence-electron chi connectivity index (χ2n) is 3.88. The summed E-state index contributed by atoms with van der Waals surface area (Å²) in [4.78, 5) is 21.8. The zero-order valence-electron chi connectivity index (χ0n) is 9.64. The minimum atomic E-state index is -0.576. The highest BCUT2D eigenvalue weighted by molar-refractivity contribution is 5.96. The Morgan fingerprint density at radius 1 is 1.53 bits per heavy atom. The van der Waals surface area contributed by atoms with Crippen molar-refractivity contribution in [1.29, 1.82) is 0 Å². The quantitative estimate of drug-likeness (QED) is 0.609. The molecule has 92 valence electrons. The number of hydrogen-bond donors (Lipinski definition) is 2. The van der Waals surface area contributed by atoms with Gasteiger partial charge in [0, 0.05) is 18.2 Å². The number of nitro groups is 1. The average molecular weight is 238 g/mol. The van der Waals surface area contributed by atoms with Crippen LogP contribution in [0.5, 0.6) is 0 Å². The van der Waals surface area contributed by atoms with Crippen molar-refractivity contribution in [3.63, 3.8) is 0 Å². The van der Waals surface area contributed by atoms with Crippen molar-refractivity contribution < 1.29 is 14.8 Å². The maximum Gasteiger partial charge on any atom is 0.270 e. The van der Waals surface area contributed by atoms with Gasteiger partial charge in [-0.15, -0.1) is 0 Å². The molecule has 0 aliphatic rings. The van der Waals surface area contributed by atoms with E-state index in [9.17, 15) is 14.9 Å². The molecule has 0 aromatic heterocycles. The van der Waals surface area contributed by atoms with Crippen molar-refractivity contribution in [2.24, 2.45) is 0 Å². The summed E-state index contributed by atoms with van der Waals surface area (Å²) >= 11 is 0. The van der Waals surface area contributed by atoms with Crippen molar-refractivity contribution in [2.75, 3.05) is 0 Å². The molecular weight excluding hydrogens is 224 g/mol. The summed E-state index contributed by atoms with van der Waals surface area (Å²) in [7, 11) is 0. The summed E-state index contributed by atoms with van der Waals surface area (Å²) in [6.07, 6.45) is 0. The van der Waals surface area contributed by atoms with Crippen molar-refractivity contribution >= 4 is 11.6 Å². The van der Waals surface area contributed by atoms with Crippen LogP contribution in [0.15, 0.2) is 18.2 Å². The molecule has 1 aromatic carbocycles. The van der Waals surface area contributed by atoms with E-state index < -0.39 is 10.8 Å². The monoisotopic (exact) mass is 238 g/mol. The number of aliphatic hydroxyl groups excluding tert-OH is 1. The fourth-order valence-corrected chi connectivity index (χ4v) is 1.37. The van der Waals surface area contributed by atoms with Gasteiger partial charge in [-0.2, -0.15) is 0 Å². The summed E-state index contributed by atoms with van der Waals surface area (Å²) < 4.78 is 0. The largest absolute Gasteiger partial charge is 0.392 e. The molecule has 6 heteroatoms. The van der Waals surface area contributed by atoms with Gasteiger partial charge in [0.05, 0.1) is 17.1 Å². The molecule has 0 fully saturated rings. The normalized spacial score (nSPS) is 10.4. The van der Waals surface area contributed by atoms with Gasteiger partial charge in [-0.05, 0) is 25.5 Å². The van der Waals surface area contributed by atoms with Crippen LogP contribution in [-0.4, -0.2) is 22.0 Å². The van der Waals surface area contributed by atoms with Crippen molar-refractivity contribution in [1.82, 2.24) is 5.32 Å². The Balaban J connectivity index is 3.14. The number of benzene rings is 1. The lowest BCUT2D eigenvalue weighted by Crippen LogP contribution is -2.30. The molecule has 1 amide bonds. The van der Waals surface area contributed by atoms with E-state index in [0.717, 1.165) is 0 Å². The lowest BCUT2D eigenvalue weighted by Gasteiger charge is -2.10. The predicted octanol–water partition coefficient (Wildman–Crippen LogP) is 1.23. The van der Waals surface area contributed by atoms with Crippen molar-refractivity contribution in [2.45, 2.75) is 26.5 Å². The minimum absolute atomic E-state index is 0.0756. The number of hydrogen-bond acceptors (Lipinski definition) is 4. The Morgan fingerprint density at radius 3 is 2.65 bits per heavy atom. The van der Waals surface area contributed by atoms with Crippen LogP contribution in [0.2, 0.25) is 0 Å². The first kappa shape index (κ1) is 13.1. The van der Waals surface area contributed by atoms with E-state index in [1.54, 1.807) is 13.8 Å². The lowest BCUT2D eigenvalue weighted by molar-refractivity contribution is -0.384. The van der Waals surface area contributed by atoms with Gasteiger partial charge < -0.3 is 10.4 Å². The van der Waals surface area contributed by atoms with Crippen LogP contribution < -0.4 is 5.32 Å². The van der Waals surface area contributed by atoms with E-state index in [-0.39, 0.29) is 23.9 Å². The maximum atomic E-state index is 11.8. The number of aliphatic hydroxyl groups is 1. The van der Waals surface area contributed by atoms with Crippen molar-refractivity contribution in [3.05, 3.63) is 39.4 Å². The van der Waals surface area contributed by atoms with Crippen molar-refractivity contribution in [3.8, 4) is 0 Å². The van der Waals surface area contributed by atoms with Crippen LogP contribution in [0, 0.1) is 10.1 Å². The molecule has 0 saturated heterocycles. The highest BCUT2D eigenvalue weighted by Gasteiger charge is 2.16. The Labute approximate surface area is 98.4 Å². The molecule has 2 N–H and O–H groups in total. The van der Waals surface area contributed by atoms with E-state index in [4.69, 9.17) is 5.11 Å². The predicted molar refractivity (Wildman–Crippen MR) is 61.6 cm³/mol. The SMILES string of the molecule is CC(C)NC(=O)c1cc([N+](=O)[O-])ccc1CO. The first-order valence-corrected chi connectivity index (χ1v) is 5.14. The fraction of sp³-hybridized carbons (Fsp3) is 0.364. The minimum Gasteiger partial charge on any atom is -0.392 e. The third-order valence-electron chi connectivity index (χ3n) is 2.14. The first-order chi connectivity index (χ1) is 7.95. The van der Waals surface area contributed by atoms with E-state index >= 15 is 0 Å². The number of nitro benzene ring substituents is 1. The Morgan fingerprint density at radius 2 is 2.18 bits per heavy atom. The average Bonchev–Trinajstić information content (AvgIpc) is 2.27. The highest BCUT2D eigenvalue weighted by atomic mass is 16.6. The van der Waals surface area contributed by atoms with Crippen LogP contribution >= 0.6 is 0 Å². The first-order valence-electron chi connectivity index (χ1n) is 5.14. The number of nitrogens with zero attached hydrogens (tertiary/aromatic N) is 1. The van der Waals surface area contributed by atoms with Crippen LogP contribution in [0.4, 0.5) is 5.69 Å². The van der Waals surface area contributed by atoms with Gasteiger partial charge in [0.1, 0.15) is 0 Å². The number of nitrogens with one attached hydrogen (secondary N) is 1. The third kappa shape index (κ3) is 3.25. The molecule has 0 radical (unpaired) electrons. The van der Waals surface area contributed by atoms with Gasteiger partial charge in [-0.25, -0.2) is 0 Å². The number of carbonyl (C=O) groups is 1. The Kier molecular flexibility index (Phi) is 4.17. The second-order valence-corrected chi connectivity index (χ2v) is 3.88. The molecular formula is C11H14N2O4. The highest BCUT2D eigenvalue weighted by Crippen LogP contribution is 2.18. The molecule has 0 aliphatic carbocycles. The van der Waals surface area contributed by atoms with Crippen LogP contribution in [0.3, 0.4) is 0 Å². The molecule has 0 heterocycles. The van der Waals surface area contributed by atoms with E-state index in [0.29, 0.717) is 5.56 Å². The zero-order valence-corrected chi connectivity index (χ0v) is 9.64. The van der Waals surface area contributed by atoms with Crippen LogP contribution in [-0.2, 0) is 6.61 Å². The molecule has 1 aromatic rings. The molecule has 6 nitrogen and oxygen atoms in total. The topological polar surface area (TPSA) is 92.5 Å². The number of amides is 1. The summed E-state index contributed by atoms with van der Waals surface area (Å²) in [5.74, 6) is -0.423. The van der Waals surface area contributed by atoms with E-state index in [1.807, 2.05) is 0 Å². The van der Waals surface area contributed by atoms with Gasteiger partial charge >= 0.3 is 0 Å². The fourth-order valence-electron chi connectivity index (χ4n) is 1.37. The zero-order chi connectivity index (χ0) is 13.0. The maximum absolute atomic E-state index is 11.8. The second kappa shape index (κ2) is 5.40.